The molecule has 4 aromatic rings. The third-order valence-electron chi connectivity index (χ3n) is 4.56. The maximum absolute atomic E-state index is 13.6. The van der Waals surface area contributed by atoms with Crippen LogP contribution in [-0.4, -0.2) is 9.55 Å². The van der Waals surface area contributed by atoms with Gasteiger partial charge >= 0.3 is 12.2 Å². The lowest BCUT2D eigenvalue weighted by Crippen LogP contribution is -2.02. The fourth-order valence-corrected chi connectivity index (χ4v) is 4.06. The van der Waals surface area contributed by atoms with Gasteiger partial charge in [0.15, 0.2) is 5.16 Å². The maximum Gasteiger partial charge on any atom is 0.336 e. The molecule has 7 heteroatoms. The largest absolute Gasteiger partial charge is 0.423 e. The van der Waals surface area contributed by atoms with Crippen molar-refractivity contribution in [2.45, 2.75) is 31.3 Å². The maximum atomic E-state index is 13.6. The quantitative estimate of drug-likeness (QED) is 0.346. The molecule has 0 spiro atoms. The Morgan fingerprint density at radius 3 is 2.67 bits per heavy atom. The normalized spacial score (nSPS) is 11.7. The van der Waals surface area contributed by atoms with Crippen LogP contribution in [0.15, 0.2) is 56.8 Å². The van der Waals surface area contributed by atoms with E-state index < -0.39 is 12.2 Å². The van der Waals surface area contributed by atoms with E-state index in [0.717, 1.165) is 26.6 Å². The number of alkyl halides is 2. The summed E-state index contributed by atoms with van der Waals surface area (Å²) in [4.78, 5) is 16.2. The minimum Gasteiger partial charge on any atom is -0.423 e. The molecule has 4 nitrogen and oxygen atoms in total. The molecule has 2 aromatic carbocycles. The first-order valence-electron chi connectivity index (χ1n) is 8.36. The topological polar surface area (TPSA) is 48.0 Å². The second kappa shape index (κ2) is 6.81. The molecule has 0 saturated heterocycles. The average Bonchev–Trinajstić information content (AvgIpc) is 2.99. The Morgan fingerprint density at radius 2 is 1.89 bits per heavy atom. The minimum absolute atomic E-state index is 0.219. The van der Waals surface area contributed by atoms with Gasteiger partial charge < -0.3 is 4.42 Å². The summed E-state index contributed by atoms with van der Waals surface area (Å²) >= 11 is 1.18. The monoisotopic (exact) mass is 386 g/mol. The minimum atomic E-state index is -2.69. The number of aryl methyl sites for hydroxylation is 2. The lowest BCUT2D eigenvalue weighted by atomic mass is 10.0. The molecule has 0 amide bonds. The lowest BCUT2D eigenvalue weighted by Gasteiger charge is -2.09. The number of hydrogen-bond acceptors (Lipinski definition) is 4. The Morgan fingerprint density at radius 1 is 1.15 bits per heavy atom. The Hall–Kier alpha value is -2.67. The molecule has 0 N–H and O–H groups in total. The SMILES string of the molecule is Cc1cc2oc(=O)cc(CSc3nc4ccccc4n3C(F)F)c2cc1C. The Labute approximate surface area is 157 Å². The standard InChI is InChI=1S/C20H16F2N2O2S/c1-11-7-14-13(9-18(25)26-17(14)8-12(11)2)10-27-20-23-15-5-3-4-6-16(15)24(20)19(21)22/h3-9,19H,10H2,1-2H3. The Kier molecular flexibility index (Phi) is 4.47. The fourth-order valence-electron chi connectivity index (χ4n) is 3.06. The molecule has 0 radical (unpaired) electrons. The molecule has 0 bridgehead atoms. The van der Waals surface area contributed by atoms with E-state index in [1.165, 1.54) is 17.8 Å². The molecule has 0 atom stereocenters. The molecule has 0 fully saturated rings. The molecular weight excluding hydrogens is 370 g/mol. The summed E-state index contributed by atoms with van der Waals surface area (Å²) in [5.74, 6) is 0.334. The van der Waals surface area contributed by atoms with Gasteiger partial charge in [-0.1, -0.05) is 23.9 Å². The first kappa shape index (κ1) is 17.7. The molecule has 2 aromatic heterocycles. The third kappa shape index (κ3) is 3.23. The van der Waals surface area contributed by atoms with Crippen LogP contribution in [0.1, 0.15) is 23.2 Å². The summed E-state index contributed by atoms with van der Waals surface area (Å²) in [6, 6.07) is 12.0. The molecule has 0 aliphatic carbocycles. The van der Waals surface area contributed by atoms with Crippen molar-refractivity contribution in [3.63, 3.8) is 0 Å². The number of aromatic nitrogens is 2. The summed E-state index contributed by atoms with van der Waals surface area (Å²) < 4.78 is 33.4. The summed E-state index contributed by atoms with van der Waals surface area (Å²) in [5, 5.41) is 1.03. The molecule has 0 aliphatic rings. The number of halogens is 2. The van der Waals surface area contributed by atoms with Crippen LogP contribution in [0.25, 0.3) is 22.0 Å². The van der Waals surface area contributed by atoms with Gasteiger partial charge in [0, 0.05) is 17.2 Å². The van der Waals surface area contributed by atoms with Gasteiger partial charge in [-0.05, 0) is 54.8 Å². The average molecular weight is 386 g/mol. The number of imidazole rings is 1. The predicted molar refractivity (Wildman–Crippen MR) is 103 cm³/mol. The second-order valence-corrected chi connectivity index (χ2v) is 7.29. The van der Waals surface area contributed by atoms with E-state index in [2.05, 4.69) is 4.98 Å². The summed E-state index contributed by atoms with van der Waals surface area (Å²) in [7, 11) is 0. The predicted octanol–water partition coefficient (Wildman–Crippen LogP) is 5.45. The third-order valence-corrected chi connectivity index (χ3v) is 5.56. The van der Waals surface area contributed by atoms with Gasteiger partial charge in [-0.15, -0.1) is 0 Å². The zero-order valence-electron chi connectivity index (χ0n) is 14.7. The van der Waals surface area contributed by atoms with Crippen molar-refractivity contribution in [1.82, 2.24) is 9.55 Å². The number of nitrogens with zero attached hydrogens (tertiary/aromatic N) is 2. The number of para-hydroxylation sites is 2. The summed E-state index contributed by atoms with van der Waals surface area (Å²) in [5.41, 5.74) is 3.79. The second-order valence-electron chi connectivity index (χ2n) is 6.34. The number of hydrogen-bond donors (Lipinski definition) is 0. The van der Waals surface area contributed by atoms with Gasteiger partial charge in [-0.2, -0.15) is 8.78 Å². The highest BCUT2D eigenvalue weighted by atomic mass is 32.2. The fraction of sp³-hybridized carbons (Fsp3) is 0.200. The molecular formula is C20H16F2N2O2S. The van der Waals surface area contributed by atoms with Crippen LogP contribution in [-0.2, 0) is 5.75 Å². The van der Waals surface area contributed by atoms with Crippen molar-refractivity contribution in [3.8, 4) is 0 Å². The van der Waals surface area contributed by atoms with Crippen molar-refractivity contribution < 1.29 is 13.2 Å². The first-order chi connectivity index (χ1) is 12.9. The molecule has 27 heavy (non-hydrogen) atoms. The van der Waals surface area contributed by atoms with Gasteiger partial charge in [0.05, 0.1) is 11.0 Å². The van der Waals surface area contributed by atoms with Gasteiger partial charge in [0.2, 0.25) is 0 Å². The van der Waals surface area contributed by atoms with Crippen LogP contribution in [0.2, 0.25) is 0 Å². The Bertz CT molecular complexity index is 1210. The molecule has 0 unspecified atom stereocenters. The highest BCUT2D eigenvalue weighted by Gasteiger charge is 2.18. The van der Waals surface area contributed by atoms with Gasteiger partial charge in [0.25, 0.3) is 0 Å². The molecule has 0 saturated carbocycles. The smallest absolute Gasteiger partial charge is 0.336 e. The Balaban J connectivity index is 1.76. The first-order valence-corrected chi connectivity index (χ1v) is 9.34. The number of thioether (sulfide) groups is 1. The van der Waals surface area contributed by atoms with E-state index in [-0.39, 0.29) is 5.16 Å². The van der Waals surface area contributed by atoms with Crippen LogP contribution < -0.4 is 5.63 Å². The van der Waals surface area contributed by atoms with Crippen molar-refractivity contribution >= 4 is 33.8 Å². The summed E-state index contributed by atoms with van der Waals surface area (Å²) in [6.07, 6.45) is 0. The van der Waals surface area contributed by atoms with Crippen LogP contribution in [0.4, 0.5) is 8.78 Å². The van der Waals surface area contributed by atoms with E-state index >= 15 is 0 Å². The van der Waals surface area contributed by atoms with Gasteiger partial charge in [-0.3, -0.25) is 4.57 Å². The van der Waals surface area contributed by atoms with E-state index in [4.69, 9.17) is 4.42 Å². The van der Waals surface area contributed by atoms with E-state index in [1.807, 2.05) is 26.0 Å². The zero-order valence-corrected chi connectivity index (χ0v) is 15.5. The highest BCUT2D eigenvalue weighted by molar-refractivity contribution is 7.98. The number of fused-ring (bicyclic) bond motifs is 2. The highest BCUT2D eigenvalue weighted by Crippen LogP contribution is 2.32. The van der Waals surface area contributed by atoms with Crippen molar-refractivity contribution in [2.75, 3.05) is 0 Å². The van der Waals surface area contributed by atoms with E-state index in [1.54, 1.807) is 24.3 Å². The van der Waals surface area contributed by atoms with Gasteiger partial charge in [0.1, 0.15) is 5.58 Å². The van der Waals surface area contributed by atoms with Crippen LogP contribution >= 0.6 is 11.8 Å². The van der Waals surface area contributed by atoms with E-state index in [0.29, 0.717) is 22.4 Å². The molecule has 2 heterocycles. The summed E-state index contributed by atoms with van der Waals surface area (Å²) in [6.45, 7) is 1.23. The zero-order chi connectivity index (χ0) is 19.1. The van der Waals surface area contributed by atoms with E-state index in [9.17, 15) is 13.6 Å². The van der Waals surface area contributed by atoms with Crippen molar-refractivity contribution in [1.29, 1.82) is 0 Å². The van der Waals surface area contributed by atoms with Gasteiger partial charge in [-0.25, -0.2) is 9.78 Å². The molecule has 138 valence electrons. The molecule has 0 aliphatic heterocycles. The lowest BCUT2D eigenvalue weighted by molar-refractivity contribution is 0.0656. The van der Waals surface area contributed by atoms with Crippen molar-refractivity contribution in [3.05, 3.63) is 69.6 Å². The number of rotatable bonds is 4. The van der Waals surface area contributed by atoms with Crippen molar-refractivity contribution in [2.24, 2.45) is 0 Å². The number of benzene rings is 2. The van der Waals surface area contributed by atoms with Crippen LogP contribution in [0.3, 0.4) is 0 Å². The molecule has 4 rings (SSSR count). The van der Waals surface area contributed by atoms with Crippen LogP contribution in [0.5, 0.6) is 0 Å². The van der Waals surface area contributed by atoms with Crippen LogP contribution in [0, 0.1) is 13.8 Å².